The third-order valence-electron chi connectivity index (χ3n) is 4.73. The van der Waals surface area contributed by atoms with Crippen LogP contribution in [-0.2, 0) is 38.1 Å². The molecule has 0 saturated carbocycles. The molecule has 0 aliphatic carbocycles. The van der Waals surface area contributed by atoms with E-state index in [1.807, 2.05) is 0 Å². The van der Waals surface area contributed by atoms with Crippen LogP contribution in [0.4, 0.5) is 0 Å². The lowest BCUT2D eigenvalue weighted by molar-refractivity contribution is -0.303. The number of hydrogen-bond acceptors (Lipinski definition) is 11. The number of aliphatic hydroxyl groups excluding tert-OH is 3. The quantitative estimate of drug-likeness (QED) is 0.109. The number of methoxy groups -OCH3 is 1. The normalized spacial score (nSPS) is 13.9. The van der Waals surface area contributed by atoms with E-state index in [1.54, 1.807) is 0 Å². The smallest absolute Gasteiger partial charge is 0.337 e. The van der Waals surface area contributed by atoms with Gasteiger partial charge in [-0.1, -0.05) is 25.3 Å². The van der Waals surface area contributed by atoms with Gasteiger partial charge in [0.1, 0.15) is 5.41 Å². The van der Waals surface area contributed by atoms with Gasteiger partial charge < -0.3 is 34.3 Å². The highest BCUT2D eigenvalue weighted by Gasteiger charge is 2.59. The second-order valence-corrected chi connectivity index (χ2v) is 7.61. The summed E-state index contributed by atoms with van der Waals surface area (Å²) in [4.78, 5) is 48.8. The summed E-state index contributed by atoms with van der Waals surface area (Å²) >= 11 is 0. The average molecular weight is 484 g/mol. The van der Waals surface area contributed by atoms with Gasteiger partial charge in [-0.15, -0.1) is 0 Å². The molecule has 1 atom stereocenters. The standard InChI is InChI=1S/C23H32O11/c1-14(2)18(27)32-13-23(33-19(28)15(3)4,22(10-24,11-25)12-26)34-21(30)17(6)9-8-16(5)20(29)31-7/h8-9,24-26H,1,3,10-13H2,2,4-7H3/b16-8+,17-9+. The molecule has 3 N–H and O–H groups in total. The molecule has 34 heavy (non-hydrogen) atoms. The molecule has 11 nitrogen and oxygen atoms in total. The first-order chi connectivity index (χ1) is 15.8. The van der Waals surface area contributed by atoms with Crippen molar-refractivity contribution in [2.75, 3.05) is 33.5 Å². The number of aliphatic hydroxyl groups is 3. The number of esters is 4. The predicted molar refractivity (Wildman–Crippen MR) is 119 cm³/mol. The van der Waals surface area contributed by atoms with Crippen molar-refractivity contribution >= 4 is 23.9 Å². The first-order valence-electron chi connectivity index (χ1n) is 9.97. The molecule has 0 aromatic heterocycles. The monoisotopic (exact) mass is 484 g/mol. The maximum Gasteiger partial charge on any atom is 0.337 e. The lowest BCUT2D eigenvalue weighted by Gasteiger charge is -2.44. The average Bonchev–Trinajstić information content (AvgIpc) is 2.80. The van der Waals surface area contributed by atoms with E-state index in [-0.39, 0.29) is 22.3 Å². The third kappa shape index (κ3) is 7.65. The Morgan fingerprint density at radius 1 is 0.735 bits per heavy atom. The van der Waals surface area contributed by atoms with Gasteiger partial charge in [0.2, 0.25) is 0 Å². The van der Waals surface area contributed by atoms with Gasteiger partial charge in [0.15, 0.2) is 6.61 Å². The van der Waals surface area contributed by atoms with Crippen LogP contribution >= 0.6 is 0 Å². The summed E-state index contributed by atoms with van der Waals surface area (Å²) in [5.41, 5.74) is -2.37. The summed E-state index contributed by atoms with van der Waals surface area (Å²) in [6.45, 7) is 8.02. The van der Waals surface area contributed by atoms with E-state index in [9.17, 15) is 34.5 Å². The van der Waals surface area contributed by atoms with Crippen LogP contribution in [0.25, 0.3) is 0 Å². The van der Waals surface area contributed by atoms with Gasteiger partial charge in [-0.3, -0.25) is 0 Å². The molecule has 0 fully saturated rings. The van der Waals surface area contributed by atoms with E-state index < -0.39 is 61.5 Å². The molecular weight excluding hydrogens is 452 g/mol. The Labute approximate surface area is 197 Å². The molecule has 0 heterocycles. The van der Waals surface area contributed by atoms with E-state index in [4.69, 9.17) is 14.2 Å². The molecule has 0 amide bonds. The Hall–Kier alpha value is -3.28. The van der Waals surface area contributed by atoms with Crippen molar-refractivity contribution in [3.63, 3.8) is 0 Å². The molecule has 0 aliphatic rings. The zero-order chi connectivity index (χ0) is 26.7. The molecule has 0 saturated heterocycles. The van der Waals surface area contributed by atoms with Gasteiger partial charge in [-0.05, 0) is 27.7 Å². The summed E-state index contributed by atoms with van der Waals surface area (Å²) < 4.78 is 20.3. The summed E-state index contributed by atoms with van der Waals surface area (Å²) in [7, 11) is 1.18. The fourth-order valence-corrected chi connectivity index (χ4v) is 2.26. The van der Waals surface area contributed by atoms with Crippen molar-refractivity contribution in [3.8, 4) is 0 Å². The van der Waals surface area contributed by atoms with Gasteiger partial charge in [0.05, 0.1) is 26.9 Å². The molecule has 0 aliphatic heterocycles. The molecular formula is C23H32O11. The highest BCUT2D eigenvalue weighted by atomic mass is 16.8. The van der Waals surface area contributed by atoms with Crippen LogP contribution in [0.1, 0.15) is 27.7 Å². The zero-order valence-corrected chi connectivity index (χ0v) is 20.0. The molecule has 190 valence electrons. The molecule has 0 aromatic carbocycles. The SMILES string of the molecule is C=C(C)C(=O)OCC(OC(=O)C(=C)C)(OC(=O)/C(C)=C/C=C(\C)C(=O)OC)C(CO)(CO)CO. The van der Waals surface area contributed by atoms with Crippen LogP contribution in [0.2, 0.25) is 0 Å². The Kier molecular flexibility index (Phi) is 12.1. The lowest BCUT2D eigenvalue weighted by atomic mass is 9.81. The van der Waals surface area contributed by atoms with E-state index >= 15 is 0 Å². The fourth-order valence-electron chi connectivity index (χ4n) is 2.26. The van der Waals surface area contributed by atoms with E-state index in [1.165, 1.54) is 47.0 Å². The van der Waals surface area contributed by atoms with Gasteiger partial charge in [0, 0.05) is 22.3 Å². The lowest BCUT2D eigenvalue weighted by Crippen LogP contribution is -2.63. The summed E-state index contributed by atoms with van der Waals surface area (Å²) in [5.74, 6) is -6.55. The second kappa shape index (κ2) is 13.4. The van der Waals surface area contributed by atoms with Gasteiger partial charge in [0.25, 0.3) is 0 Å². The van der Waals surface area contributed by atoms with Gasteiger partial charge in [-0.2, -0.15) is 0 Å². The highest BCUT2D eigenvalue weighted by molar-refractivity contribution is 5.91. The Bertz CT molecular complexity index is 869. The molecule has 0 spiro atoms. The van der Waals surface area contributed by atoms with E-state index in [2.05, 4.69) is 17.9 Å². The molecule has 0 rings (SSSR count). The van der Waals surface area contributed by atoms with Crippen LogP contribution in [-0.4, -0.2) is 78.5 Å². The first-order valence-corrected chi connectivity index (χ1v) is 9.97. The number of carbonyl (C=O) groups is 4. The number of allylic oxidation sites excluding steroid dienone is 2. The van der Waals surface area contributed by atoms with Crippen molar-refractivity contribution in [1.82, 2.24) is 0 Å². The third-order valence-corrected chi connectivity index (χ3v) is 4.73. The van der Waals surface area contributed by atoms with Crippen LogP contribution < -0.4 is 0 Å². The summed E-state index contributed by atoms with van der Waals surface area (Å²) in [6, 6.07) is 0. The van der Waals surface area contributed by atoms with Gasteiger partial charge >= 0.3 is 29.7 Å². The second-order valence-electron chi connectivity index (χ2n) is 7.61. The van der Waals surface area contributed by atoms with Crippen LogP contribution in [0, 0.1) is 5.41 Å². The zero-order valence-electron chi connectivity index (χ0n) is 20.0. The molecule has 1 unspecified atom stereocenters. The van der Waals surface area contributed by atoms with Crippen molar-refractivity contribution in [3.05, 3.63) is 47.6 Å². The number of rotatable bonds is 13. The van der Waals surface area contributed by atoms with Crippen LogP contribution in [0.15, 0.2) is 47.6 Å². The van der Waals surface area contributed by atoms with Crippen molar-refractivity contribution in [1.29, 1.82) is 0 Å². The molecule has 0 bridgehead atoms. The molecule has 0 radical (unpaired) electrons. The number of carbonyl (C=O) groups excluding carboxylic acids is 4. The van der Waals surface area contributed by atoms with E-state index in [0.717, 1.165) is 0 Å². The van der Waals surface area contributed by atoms with Crippen molar-refractivity contribution in [2.45, 2.75) is 33.5 Å². The summed E-state index contributed by atoms with van der Waals surface area (Å²) in [6.07, 6.45) is 2.47. The maximum absolute atomic E-state index is 12.9. The highest BCUT2D eigenvalue weighted by Crippen LogP contribution is 2.38. The first kappa shape index (κ1) is 30.7. The number of hydrogen-bond donors (Lipinski definition) is 3. The molecule has 11 heteroatoms. The Morgan fingerprint density at radius 3 is 1.53 bits per heavy atom. The van der Waals surface area contributed by atoms with Gasteiger partial charge in [-0.25, -0.2) is 19.2 Å². The minimum atomic E-state index is -2.68. The van der Waals surface area contributed by atoms with Crippen LogP contribution in [0.5, 0.6) is 0 Å². The van der Waals surface area contributed by atoms with E-state index in [0.29, 0.717) is 0 Å². The number of ether oxygens (including phenoxy) is 4. The molecule has 0 aromatic rings. The van der Waals surface area contributed by atoms with Crippen molar-refractivity contribution in [2.24, 2.45) is 5.41 Å². The largest absolute Gasteiger partial charge is 0.466 e. The summed E-state index contributed by atoms with van der Waals surface area (Å²) in [5, 5.41) is 30.0. The Morgan fingerprint density at radius 2 is 1.15 bits per heavy atom. The minimum Gasteiger partial charge on any atom is -0.466 e. The minimum absolute atomic E-state index is 0.0476. The Balaban J connectivity index is 6.61. The topological polar surface area (TPSA) is 166 Å². The fraction of sp³-hybridized carbons (Fsp3) is 0.478. The van der Waals surface area contributed by atoms with Crippen LogP contribution in [0.3, 0.4) is 0 Å². The van der Waals surface area contributed by atoms with Crippen molar-refractivity contribution < 1.29 is 53.4 Å². The maximum atomic E-state index is 12.9. The predicted octanol–water partition coefficient (Wildman–Crippen LogP) is 0.493.